The number of benzene rings is 1. The number of carbonyl (C=O) groups is 1. The second-order valence-corrected chi connectivity index (χ2v) is 5.68. The second kappa shape index (κ2) is 4.88. The highest BCUT2D eigenvalue weighted by molar-refractivity contribution is 5.70. The summed E-state index contributed by atoms with van der Waals surface area (Å²) in [5.41, 5.74) is 3.76. The number of carboxylic acids is 1. The molecule has 0 radical (unpaired) electrons. The van der Waals surface area contributed by atoms with Crippen LogP contribution < -0.4 is 0 Å². The lowest BCUT2D eigenvalue weighted by atomic mass is 9.86. The summed E-state index contributed by atoms with van der Waals surface area (Å²) in [6.07, 6.45) is -0.0346. The molecule has 2 aromatic rings. The SMILES string of the molecule is CC(C)(C)c1ccc(-c2cc(CC(=O)O)[nH]n2)cc1. The third-order valence-electron chi connectivity index (χ3n) is 3.02. The van der Waals surface area contributed by atoms with Crippen LogP contribution in [0.15, 0.2) is 30.3 Å². The van der Waals surface area contributed by atoms with Crippen LogP contribution in [0.3, 0.4) is 0 Å². The van der Waals surface area contributed by atoms with Crippen LogP contribution in [0.5, 0.6) is 0 Å². The summed E-state index contributed by atoms with van der Waals surface area (Å²) in [4.78, 5) is 10.6. The Balaban J connectivity index is 2.23. The number of aromatic amines is 1. The Hall–Kier alpha value is -2.10. The van der Waals surface area contributed by atoms with Gasteiger partial charge in [-0.15, -0.1) is 0 Å². The topological polar surface area (TPSA) is 66.0 Å². The van der Waals surface area contributed by atoms with Gasteiger partial charge in [0.1, 0.15) is 0 Å². The van der Waals surface area contributed by atoms with Gasteiger partial charge in [0.2, 0.25) is 0 Å². The number of carboxylic acid groups (broad SMARTS) is 1. The van der Waals surface area contributed by atoms with Gasteiger partial charge in [0, 0.05) is 11.3 Å². The Kier molecular flexibility index (Phi) is 3.42. The van der Waals surface area contributed by atoms with Crippen molar-refractivity contribution in [3.63, 3.8) is 0 Å². The maximum absolute atomic E-state index is 10.6. The average Bonchev–Trinajstić information content (AvgIpc) is 2.75. The summed E-state index contributed by atoms with van der Waals surface area (Å²) in [5.74, 6) is -0.863. The molecule has 0 amide bonds. The first-order valence-electron chi connectivity index (χ1n) is 6.23. The number of nitrogens with zero attached hydrogens (tertiary/aromatic N) is 1. The van der Waals surface area contributed by atoms with Gasteiger partial charge >= 0.3 is 5.97 Å². The van der Waals surface area contributed by atoms with Crippen molar-refractivity contribution >= 4 is 5.97 Å². The smallest absolute Gasteiger partial charge is 0.309 e. The number of aromatic nitrogens is 2. The lowest BCUT2D eigenvalue weighted by Crippen LogP contribution is -2.10. The van der Waals surface area contributed by atoms with Crippen molar-refractivity contribution in [1.82, 2.24) is 10.2 Å². The van der Waals surface area contributed by atoms with Gasteiger partial charge in [0.15, 0.2) is 0 Å². The standard InChI is InChI=1S/C15H18N2O2/c1-15(2,3)11-6-4-10(5-7-11)13-8-12(16-17-13)9-14(18)19/h4-8H,9H2,1-3H3,(H,16,17)(H,18,19). The number of nitrogens with one attached hydrogen (secondary N) is 1. The van der Waals surface area contributed by atoms with Crippen molar-refractivity contribution in [2.45, 2.75) is 32.6 Å². The quantitative estimate of drug-likeness (QED) is 0.889. The Bertz CT molecular complexity index is 577. The molecule has 4 heteroatoms. The van der Waals surface area contributed by atoms with E-state index in [9.17, 15) is 4.79 Å². The predicted octanol–water partition coefficient (Wildman–Crippen LogP) is 3.00. The highest BCUT2D eigenvalue weighted by Gasteiger charge is 2.13. The lowest BCUT2D eigenvalue weighted by Gasteiger charge is -2.18. The van der Waals surface area contributed by atoms with E-state index in [1.807, 2.05) is 12.1 Å². The molecule has 100 valence electrons. The zero-order chi connectivity index (χ0) is 14.0. The zero-order valence-corrected chi connectivity index (χ0v) is 11.4. The monoisotopic (exact) mass is 258 g/mol. The molecule has 0 atom stereocenters. The fourth-order valence-electron chi connectivity index (χ4n) is 1.90. The second-order valence-electron chi connectivity index (χ2n) is 5.68. The number of hydrogen-bond acceptors (Lipinski definition) is 2. The third kappa shape index (κ3) is 3.22. The molecule has 2 rings (SSSR count). The Morgan fingerprint density at radius 3 is 2.42 bits per heavy atom. The molecule has 0 fully saturated rings. The summed E-state index contributed by atoms with van der Waals surface area (Å²) in [6, 6.07) is 9.98. The minimum atomic E-state index is -0.863. The molecular formula is C15H18N2O2. The van der Waals surface area contributed by atoms with Crippen molar-refractivity contribution in [1.29, 1.82) is 0 Å². The first-order chi connectivity index (χ1) is 8.86. The van der Waals surface area contributed by atoms with Crippen molar-refractivity contribution < 1.29 is 9.90 Å². The molecule has 0 aliphatic carbocycles. The Labute approximate surface area is 112 Å². The molecule has 0 saturated heterocycles. The zero-order valence-electron chi connectivity index (χ0n) is 11.4. The minimum absolute atomic E-state index is 0.0346. The molecule has 1 heterocycles. The van der Waals surface area contributed by atoms with Crippen LogP contribution in [-0.2, 0) is 16.6 Å². The molecule has 0 bridgehead atoms. The van der Waals surface area contributed by atoms with Crippen LogP contribution >= 0.6 is 0 Å². The summed E-state index contributed by atoms with van der Waals surface area (Å²) in [5, 5.41) is 15.6. The van der Waals surface area contributed by atoms with E-state index in [0.29, 0.717) is 5.69 Å². The highest BCUT2D eigenvalue weighted by Crippen LogP contribution is 2.25. The van der Waals surface area contributed by atoms with E-state index >= 15 is 0 Å². The molecule has 1 aromatic heterocycles. The minimum Gasteiger partial charge on any atom is -0.481 e. The lowest BCUT2D eigenvalue weighted by molar-refractivity contribution is -0.136. The van der Waals surface area contributed by atoms with Gasteiger partial charge in [-0.3, -0.25) is 9.89 Å². The van der Waals surface area contributed by atoms with Gasteiger partial charge in [-0.1, -0.05) is 45.0 Å². The predicted molar refractivity (Wildman–Crippen MR) is 74.1 cm³/mol. The Morgan fingerprint density at radius 1 is 1.26 bits per heavy atom. The third-order valence-corrected chi connectivity index (χ3v) is 3.02. The van der Waals surface area contributed by atoms with Gasteiger partial charge < -0.3 is 5.11 Å². The molecule has 0 spiro atoms. The molecule has 0 unspecified atom stereocenters. The van der Waals surface area contributed by atoms with Crippen molar-refractivity contribution in [3.8, 4) is 11.3 Å². The van der Waals surface area contributed by atoms with Crippen molar-refractivity contribution in [3.05, 3.63) is 41.6 Å². The van der Waals surface area contributed by atoms with Crippen molar-refractivity contribution in [2.24, 2.45) is 0 Å². The number of rotatable bonds is 3. The largest absolute Gasteiger partial charge is 0.481 e. The van der Waals surface area contributed by atoms with Gasteiger partial charge in [-0.2, -0.15) is 5.10 Å². The van der Waals surface area contributed by atoms with Crippen LogP contribution in [0, 0.1) is 0 Å². The van der Waals surface area contributed by atoms with Crippen molar-refractivity contribution in [2.75, 3.05) is 0 Å². The summed E-state index contributed by atoms with van der Waals surface area (Å²) < 4.78 is 0. The van der Waals surface area contributed by atoms with Gasteiger partial charge in [0.25, 0.3) is 0 Å². The average molecular weight is 258 g/mol. The highest BCUT2D eigenvalue weighted by atomic mass is 16.4. The molecule has 19 heavy (non-hydrogen) atoms. The molecule has 4 nitrogen and oxygen atoms in total. The molecule has 0 saturated carbocycles. The van der Waals surface area contributed by atoms with E-state index in [1.165, 1.54) is 5.56 Å². The summed E-state index contributed by atoms with van der Waals surface area (Å²) >= 11 is 0. The van der Waals surface area contributed by atoms with E-state index in [2.05, 4.69) is 43.1 Å². The molecule has 2 N–H and O–H groups in total. The molecular weight excluding hydrogens is 240 g/mol. The van der Waals surface area contributed by atoms with E-state index in [4.69, 9.17) is 5.11 Å². The first-order valence-corrected chi connectivity index (χ1v) is 6.23. The van der Waals surface area contributed by atoms with Crippen LogP contribution in [0.2, 0.25) is 0 Å². The van der Waals surface area contributed by atoms with E-state index in [-0.39, 0.29) is 11.8 Å². The summed E-state index contributed by atoms with van der Waals surface area (Å²) in [7, 11) is 0. The summed E-state index contributed by atoms with van der Waals surface area (Å²) in [6.45, 7) is 6.50. The number of H-pyrrole nitrogens is 1. The molecule has 0 aliphatic heterocycles. The fraction of sp³-hybridized carbons (Fsp3) is 0.333. The van der Waals surface area contributed by atoms with Gasteiger partial charge in [-0.25, -0.2) is 0 Å². The first kappa shape index (κ1) is 13.3. The normalized spacial score (nSPS) is 11.5. The number of aliphatic carboxylic acids is 1. The van der Waals surface area contributed by atoms with E-state index < -0.39 is 5.97 Å². The number of hydrogen-bond donors (Lipinski definition) is 2. The van der Waals surface area contributed by atoms with Crippen LogP contribution in [0.25, 0.3) is 11.3 Å². The van der Waals surface area contributed by atoms with Gasteiger partial charge in [0.05, 0.1) is 12.1 Å². The fourth-order valence-corrected chi connectivity index (χ4v) is 1.90. The van der Waals surface area contributed by atoms with Crippen LogP contribution in [0.4, 0.5) is 0 Å². The molecule has 0 aliphatic rings. The maximum Gasteiger partial charge on any atom is 0.309 e. The maximum atomic E-state index is 10.6. The van der Waals surface area contributed by atoms with Crippen LogP contribution in [-0.4, -0.2) is 21.3 Å². The Morgan fingerprint density at radius 2 is 1.89 bits per heavy atom. The van der Waals surface area contributed by atoms with Crippen LogP contribution in [0.1, 0.15) is 32.0 Å². The van der Waals surface area contributed by atoms with E-state index in [0.717, 1.165) is 11.3 Å². The van der Waals surface area contributed by atoms with E-state index in [1.54, 1.807) is 6.07 Å². The van der Waals surface area contributed by atoms with Gasteiger partial charge in [-0.05, 0) is 17.0 Å². The molecule has 1 aromatic carbocycles.